The van der Waals surface area contributed by atoms with E-state index in [1.165, 1.54) is 14.2 Å². The fourth-order valence-electron chi connectivity index (χ4n) is 2.48. The second-order valence-electron chi connectivity index (χ2n) is 6.69. The second-order valence-corrected chi connectivity index (χ2v) is 6.69. The van der Waals surface area contributed by atoms with E-state index in [1.807, 2.05) is 26.8 Å². The van der Waals surface area contributed by atoms with E-state index in [1.54, 1.807) is 17.2 Å². The zero-order chi connectivity index (χ0) is 18.6. The van der Waals surface area contributed by atoms with Crippen LogP contribution in [-0.2, 0) is 9.47 Å². The fourth-order valence-corrected chi connectivity index (χ4v) is 2.48. The summed E-state index contributed by atoms with van der Waals surface area (Å²) in [6, 6.07) is 1.67. The maximum absolute atomic E-state index is 12.3. The van der Waals surface area contributed by atoms with Crippen molar-refractivity contribution in [2.24, 2.45) is 0 Å². The molecule has 0 aromatic carbocycles. The number of carbonyl (C=O) groups excluding carboxylic acids is 2. The minimum Gasteiger partial charge on any atom is -0.480 e. The van der Waals surface area contributed by atoms with Gasteiger partial charge in [-0.1, -0.05) is 6.08 Å². The van der Waals surface area contributed by atoms with Gasteiger partial charge in [0.15, 0.2) is 0 Å². The zero-order valence-electron chi connectivity index (χ0n) is 15.3. The molecule has 0 saturated heterocycles. The first-order valence-electron chi connectivity index (χ1n) is 8.05. The van der Waals surface area contributed by atoms with Gasteiger partial charge in [-0.2, -0.15) is 0 Å². The Morgan fingerprint density at radius 3 is 2.56 bits per heavy atom. The number of rotatable bonds is 3. The monoisotopic (exact) mass is 348 g/mol. The summed E-state index contributed by atoms with van der Waals surface area (Å²) in [6.45, 7) is 6.49. The smallest absolute Gasteiger partial charge is 0.410 e. The van der Waals surface area contributed by atoms with E-state index < -0.39 is 11.6 Å². The molecule has 136 valence electrons. The van der Waals surface area contributed by atoms with Gasteiger partial charge in [0.2, 0.25) is 5.88 Å². The van der Waals surface area contributed by atoms with Gasteiger partial charge in [-0.15, -0.1) is 0 Å². The molecule has 0 bridgehead atoms. The van der Waals surface area contributed by atoms with Crippen molar-refractivity contribution in [2.45, 2.75) is 32.8 Å². The highest BCUT2D eigenvalue weighted by atomic mass is 16.6. The molecule has 2 rings (SSSR count). The highest BCUT2D eigenvalue weighted by Crippen LogP contribution is 2.26. The first-order valence-corrected chi connectivity index (χ1v) is 8.05. The Morgan fingerprint density at radius 2 is 1.96 bits per heavy atom. The molecule has 0 saturated carbocycles. The Balaban J connectivity index is 2.23. The highest BCUT2D eigenvalue weighted by Gasteiger charge is 2.25. The molecule has 0 atom stereocenters. The van der Waals surface area contributed by atoms with Gasteiger partial charge in [0.05, 0.1) is 14.2 Å². The Kier molecular flexibility index (Phi) is 5.66. The third-order valence-corrected chi connectivity index (χ3v) is 3.62. The zero-order valence-corrected chi connectivity index (χ0v) is 15.3. The van der Waals surface area contributed by atoms with Crippen LogP contribution in [0.3, 0.4) is 0 Å². The molecule has 0 radical (unpaired) electrons. The predicted molar refractivity (Wildman–Crippen MR) is 92.5 cm³/mol. The van der Waals surface area contributed by atoms with Gasteiger partial charge in [0, 0.05) is 19.3 Å². The van der Waals surface area contributed by atoms with Crippen LogP contribution in [0.5, 0.6) is 5.88 Å². The van der Waals surface area contributed by atoms with Crippen LogP contribution in [0.25, 0.3) is 5.57 Å². The van der Waals surface area contributed by atoms with E-state index in [-0.39, 0.29) is 17.5 Å². The molecular weight excluding hydrogens is 324 g/mol. The summed E-state index contributed by atoms with van der Waals surface area (Å²) in [6.07, 6.45) is 4.00. The van der Waals surface area contributed by atoms with Crippen LogP contribution in [0.4, 0.5) is 4.79 Å². The molecule has 7 nitrogen and oxygen atoms in total. The standard InChI is InChI=1S/C18H24N2O5/c1-18(2,3)25-17(22)20-8-6-7-12(11-20)13-9-14(16(21)24-5)15(23-4)19-10-13/h7,9-10H,6,8,11H2,1-5H3. The Morgan fingerprint density at radius 1 is 1.24 bits per heavy atom. The summed E-state index contributed by atoms with van der Waals surface area (Å²) >= 11 is 0. The topological polar surface area (TPSA) is 78.0 Å². The number of aromatic nitrogens is 1. The Labute approximate surface area is 147 Å². The highest BCUT2D eigenvalue weighted by molar-refractivity contribution is 5.93. The first-order chi connectivity index (χ1) is 11.7. The second kappa shape index (κ2) is 7.55. The minimum atomic E-state index is -0.544. The lowest BCUT2D eigenvalue weighted by Gasteiger charge is -2.30. The van der Waals surface area contributed by atoms with E-state index in [0.717, 1.165) is 11.1 Å². The largest absolute Gasteiger partial charge is 0.480 e. The van der Waals surface area contributed by atoms with Crippen LogP contribution in [-0.4, -0.2) is 54.9 Å². The number of hydrogen-bond donors (Lipinski definition) is 0. The normalized spacial score (nSPS) is 14.6. The van der Waals surface area contributed by atoms with Crippen molar-refractivity contribution >= 4 is 17.6 Å². The maximum Gasteiger partial charge on any atom is 0.410 e. The van der Waals surface area contributed by atoms with Crippen LogP contribution in [0.2, 0.25) is 0 Å². The van der Waals surface area contributed by atoms with Crippen LogP contribution in [0, 0.1) is 0 Å². The van der Waals surface area contributed by atoms with Crippen molar-refractivity contribution in [3.8, 4) is 5.88 Å². The molecule has 1 amide bonds. The van der Waals surface area contributed by atoms with Gasteiger partial charge in [-0.25, -0.2) is 14.6 Å². The Bertz CT molecular complexity index is 691. The number of esters is 1. The SMILES string of the molecule is COC(=O)c1cc(C2=CCCN(C(=O)OC(C)(C)C)C2)cnc1OC. The molecule has 0 aliphatic carbocycles. The molecule has 0 unspecified atom stereocenters. The summed E-state index contributed by atoms with van der Waals surface area (Å²) < 4.78 is 15.3. The summed E-state index contributed by atoms with van der Waals surface area (Å²) in [5, 5.41) is 0. The molecule has 0 fully saturated rings. The van der Waals surface area contributed by atoms with E-state index in [4.69, 9.17) is 14.2 Å². The van der Waals surface area contributed by atoms with E-state index in [9.17, 15) is 9.59 Å². The molecule has 2 heterocycles. The number of methoxy groups -OCH3 is 2. The van der Waals surface area contributed by atoms with Crippen LogP contribution in [0.1, 0.15) is 43.1 Å². The summed E-state index contributed by atoms with van der Waals surface area (Å²) in [4.78, 5) is 30.0. The lowest BCUT2D eigenvalue weighted by atomic mass is 10.0. The van der Waals surface area contributed by atoms with Gasteiger partial charge in [-0.05, 0) is 44.4 Å². The number of ether oxygens (including phenoxy) is 3. The van der Waals surface area contributed by atoms with Gasteiger partial charge < -0.3 is 19.1 Å². The van der Waals surface area contributed by atoms with Crippen LogP contribution in [0.15, 0.2) is 18.3 Å². The van der Waals surface area contributed by atoms with Crippen molar-refractivity contribution in [3.63, 3.8) is 0 Å². The molecule has 7 heteroatoms. The van der Waals surface area contributed by atoms with Crippen molar-refractivity contribution < 1.29 is 23.8 Å². The van der Waals surface area contributed by atoms with Crippen molar-refractivity contribution in [2.75, 3.05) is 27.3 Å². The summed E-state index contributed by atoms with van der Waals surface area (Å²) in [7, 11) is 2.75. The molecule has 1 aromatic rings. The Hall–Kier alpha value is -2.57. The van der Waals surface area contributed by atoms with Crippen molar-refractivity contribution in [1.82, 2.24) is 9.88 Å². The summed E-state index contributed by atoms with van der Waals surface area (Å²) in [5.74, 6) is -0.317. The van der Waals surface area contributed by atoms with Crippen molar-refractivity contribution in [3.05, 3.63) is 29.5 Å². The van der Waals surface area contributed by atoms with Crippen LogP contribution >= 0.6 is 0 Å². The molecular formula is C18H24N2O5. The number of pyridine rings is 1. The van der Waals surface area contributed by atoms with Gasteiger partial charge >= 0.3 is 12.1 Å². The third-order valence-electron chi connectivity index (χ3n) is 3.62. The molecule has 25 heavy (non-hydrogen) atoms. The average molecular weight is 348 g/mol. The fraction of sp³-hybridized carbons (Fsp3) is 0.500. The number of carbonyl (C=O) groups is 2. The quantitative estimate of drug-likeness (QED) is 0.782. The molecule has 1 aromatic heterocycles. The lowest BCUT2D eigenvalue weighted by molar-refractivity contribution is 0.0272. The molecule has 1 aliphatic heterocycles. The van der Waals surface area contributed by atoms with E-state index in [2.05, 4.69) is 4.98 Å². The van der Waals surface area contributed by atoms with Crippen LogP contribution < -0.4 is 4.74 Å². The lowest BCUT2D eigenvalue weighted by Crippen LogP contribution is -2.39. The van der Waals surface area contributed by atoms with Gasteiger partial charge in [0.1, 0.15) is 11.2 Å². The predicted octanol–water partition coefficient (Wildman–Crippen LogP) is 2.90. The molecule has 1 aliphatic rings. The third kappa shape index (κ3) is 4.71. The van der Waals surface area contributed by atoms with Gasteiger partial charge in [0.25, 0.3) is 0 Å². The summed E-state index contributed by atoms with van der Waals surface area (Å²) in [5.41, 5.74) is 1.35. The van der Waals surface area contributed by atoms with E-state index in [0.29, 0.717) is 19.5 Å². The number of nitrogens with zero attached hydrogens (tertiary/aromatic N) is 2. The molecule has 0 N–H and O–H groups in total. The number of hydrogen-bond acceptors (Lipinski definition) is 6. The van der Waals surface area contributed by atoms with Gasteiger partial charge in [-0.3, -0.25) is 0 Å². The molecule has 0 spiro atoms. The first kappa shape index (κ1) is 18.8. The average Bonchev–Trinajstić information content (AvgIpc) is 2.59. The maximum atomic E-state index is 12.3. The van der Waals surface area contributed by atoms with E-state index >= 15 is 0 Å². The van der Waals surface area contributed by atoms with Crippen molar-refractivity contribution in [1.29, 1.82) is 0 Å². The minimum absolute atomic E-state index is 0.205. The number of amides is 1.